The molecular formula is C19H17N5O3. The zero-order chi connectivity index (χ0) is 19.6. The van der Waals surface area contributed by atoms with Crippen LogP contribution in [0.15, 0.2) is 43.0 Å². The molecule has 0 saturated heterocycles. The fourth-order valence-electron chi connectivity index (χ4n) is 2.01. The summed E-state index contributed by atoms with van der Waals surface area (Å²) in [6.45, 7) is 1.54. The van der Waals surface area contributed by atoms with Gasteiger partial charge in [0.1, 0.15) is 12.4 Å². The Bertz CT molecular complexity index is 919. The van der Waals surface area contributed by atoms with E-state index in [2.05, 4.69) is 39.0 Å². The van der Waals surface area contributed by atoms with Crippen LogP contribution in [0.2, 0.25) is 0 Å². The monoisotopic (exact) mass is 363 g/mol. The molecule has 2 amide bonds. The quantitative estimate of drug-likeness (QED) is 0.339. The van der Waals surface area contributed by atoms with E-state index in [1.807, 2.05) is 0 Å². The molecule has 5 N–H and O–H groups in total. The highest BCUT2D eigenvalue weighted by atomic mass is 16.5. The van der Waals surface area contributed by atoms with E-state index >= 15 is 0 Å². The molecule has 8 nitrogen and oxygen atoms in total. The molecule has 8 heteroatoms. The maximum absolute atomic E-state index is 12.2. The maximum atomic E-state index is 12.2. The highest BCUT2D eigenvalue weighted by Gasteiger charge is 2.24. The van der Waals surface area contributed by atoms with Crippen LogP contribution < -0.4 is 16.5 Å². The third-order valence-corrected chi connectivity index (χ3v) is 3.39. The summed E-state index contributed by atoms with van der Waals surface area (Å²) >= 11 is 0. The summed E-state index contributed by atoms with van der Waals surface area (Å²) in [5.74, 6) is 9.78. The lowest BCUT2D eigenvalue weighted by molar-refractivity contribution is -0.131. The molecule has 2 atom stereocenters. The van der Waals surface area contributed by atoms with Gasteiger partial charge in [-0.2, -0.15) is 0 Å². The van der Waals surface area contributed by atoms with Crippen molar-refractivity contribution in [2.75, 3.05) is 0 Å². The normalized spacial score (nSPS) is 11.7. The Labute approximate surface area is 156 Å². The molecule has 2 aromatic rings. The Morgan fingerprint density at radius 3 is 2.22 bits per heavy atom. The predicted molar refractivity (Wildman–Crippen MR) is 97.1 cm³/mol. The number of aromatic nitrogens is 2. The highest BCUT2D eigenvalue weighted by molar-refractivity contribution is 5.97. The molecule has 0 radical (unpaired) electrons. The summed E-state index contributed by atoms with van der Waals surface area (Å²) in [6, 6.07) is 4.70. The van der Waals surface area contributed by atoms with Crippen LogP contribution in [0.5, 0.6) is 0 Å². The minimum atomic E-state index is -1.06. The van der Waals surface area contributed by atoms with Crippen LogP contribution in [0.3, 0.4) is 0 Å². The minimum Gasteiger partial charge on any atom is -0.339 e. The number of hydroxylamine groups is 1. The molecule has 136 valence electrons. The number of carbonyl (C=O) groups is 2. The number of amides is 2. The predicted octanol–water partition coefficient (Wildman–Crippen LogP) is -0.169. The topological polar surface area (TPSA) is 130 Å². The molecule has 0 bridgehead atoms. The molecule has 0 saturated carbocycles. The summed E-state index contributed by atoms with van der Waals surface area (Å²) in [5.41, 5.74) is 8.78. The van der Waals surface area contributed by atoms with Crippen LogP contribution in [-0.2, 0) is 4.79 Å². The Morgan fingerprint density at radius 2 is 1.67 bits per heavy atom. The highest BCUT2D eigenvalue weighted by Crippen LogP contribution is 2.04. The van der Waals surface area contributed by atoms with Gasteiger partial charge in [0.2, 0.25) is 0 Å². The molecule has 0 unspecified atom stereocenters. The number of nitrogens with zero attached hydrogens (tertiary/aromatic N) is 2. The van der Waals surface area contributed by atoms with Crippen molar-refractivity contribution in [1.82, 2.24) is 20.8 Å². The largest absolute Gasteiger partial charge is 0.339 e. The van der Waals surface area contributed by atoms with Gasteiger partial charge in [0, 0.05) is 29.6 Å². The number of hydrogen-bond donors (Lipinski definition) is 4. The van der Waals surface area contributed by atoms with Crippen LogP contribution in [0.1, 0.15) is 28.4 Å². The van der Waals surface area contributed by atoms with Crippen molar-refractivity contribution in [3.63, 3.8) is 0 Å². The van der Waals surface area contributed by atoms with Crippen molar-refractivity contribution in [3.05, 3.63) is 59.7 Å². The van der Waals surface area contributed by atoms with Gasteiger partial charge in [-0.05, 0) is 49.0 Å². The Hall–Kier alpha value is -3.72. The van der Waals surface area contributed by atoms with Gasteiger partial charge in [-0.3, -0.25) is 14.8 Å². The summed E-state index contributed by atoms with van der Waals surface area (Å²) in [4.78, 5) is 31.4. The van der Waals surface area contributed by atoms with E-state index in [9.17, 15) is 9.59 Å². The number of nitrogens with two attached hydrogens (primary N) is 1. The van der Waals surface area contributed by atoms with E-state index in [1.54, 1.807) is 43.6 Å². The average Bonchev–Trinajstić information content (AvgIpc) is 2.69. The zero-order valence-corrected chi connectivity index (χ0v) is 14.4. The summed E-state index contributed by atoms with van der Waals surface area (Å²) in [5, 5.41) is 11.2. The van der Waals surface area contributed by atoms with E-state index in [4.69, 9.17) is 10.9 Å². The number of carbonyl (C=O) groups excluding carboxylic acids is 2. The second-order valence-electron chi connectivity index (χ2n) is 5.49. The van der Waals surface area contributed by atoms with Gasteiger partial charge >= 0.3 is 0 Å². The van der Waals surface area contributed by atoms with E-state index in [0.29, 0.717) is 16.7 Å². The molecule has 0 spiro atoms. The molecule has 0 aliphatic carbocycles. The Morgan fingerprint density at radius 1 is 1.07 bits per heavy atom. The zero-order valence-electron chi connectivity index (χ0n) is 14.4. The van der Waals surface area contributed by atoms with Crippen LogP contribution in [0, 0.1) is 23.7 Å². The second kappa shape index (κ2) is 9.68. The summed E-state index contributed by atoms with van der Waals surface area (Å²) < 4.78 is 0. The van der Waals surface area contributed by atoms with Crippen LogP contribution >= 0.6 is 0 Å². The molecule has 2 rings (SSSR count). The van der Waals surface area contributed by atoms with Crippen LogP contribution in [0.25, 0.3) is 0 Å². The minimum absolute atomic E-state index is 0.324. The van der Waals surface area contributed by atoms with Gasteiger partial charge < -0.3 is 11.1 Å². The maximum Gasteiger partial charge on any atom is 0.267 e. The lowest BCUT2D eigenvalue weighted by atomic mass is 10.1. The first-order valence-corrected chi connectivity index (χ1v) is 7.88. The van der Waals surface area contributed by atoms with Crippen molar-refractivity contribution in [1.29, 1.82) is 0 Å². The van der Waals surface area contributed by atoms with Gasteiger partial charge in [-0.25, -0.2) is 15.4 Å². The lowest BCUT2D eigenvalue weighted by Crippen LogP contribution is -2.54. The van der Waals surface area contributed by atoms with E-state index in [1.165, 1.54) is 11.8 Å². The smallest absolute Gasteiger partial charge is 0.267 e. The first-order chi connectivity index (χ1) is 13.0. The first kappa shape index (κ1) is 19.6. The third kappa shape index (κ3) is 5.94. The van der Waals surface area contributed by atoms with Gasteiger partial charge in [-0.1, -0.05) is 5.92 Å². The average molecular weight is 363 g/mol. The van der Waals surface area contributed by atoms with Crippen LogP contribution in [-0.4, -0.2) is 39.1 Å². The lowest BCUT2D eigenvalue weighted by Gasteiger charge is -2.19. The summed E-state index contributed by atoms with van der Waals surface area (Å²) in [7, 11) is 0. The molecule has 1 heterocycles. The van der Waals surface area contributed by atoms with Gasteiger partial charge in [0.05, 0.1) is 5.56 Å². The molecule has 1 aromatic heterocycles. The number of rotatable bonds is 4. The molecule has 0 aliphatic rings. The number of hydrogen-bond acceptors (Lipinski definition) is 6. The van der Waals surface area contributed by atoms with E-state index in [0.717, 1.165) is 0 Å². The van der Waals surface area contributed by atoms with E-state index < -0.39 is 23.9 Å². The SMILES string of the molecule is C[C@@H](N)[C@H](NC(=O)c1ccc(C#CC#Cc2cncnc2)cc1)C(=O)NO. The Balaban J connectivity index is 2.03. The molecular weight excluding hydrogens is 346 g/mol. The van der Waals surface area contributed by atoms with Crippen LogP contribution in [0.4, 0.5) is 0 Å². The van der Waals surface area contributed by atoms with Crippen molar-refractivity contribution in [2.24, 2.45) is 5.73 Å². The number of nitrogens with one attached hydrogen (secondary N) is 2. The van der Waals surface area contributed by atoms with Gasteiger partial charge in [0.15, 0.2) is 0 Å². The standard InChI is InChI=1S/C19H17N5O3/c1-13(20)17(19(26)24-27)23-18(25)16-8-6-14(7-9-16)4-2-3-5-15-10-21-12-22-11-15/h6-13,17,27H,20H2,1H3,(H,23,25)(H,24,26)/t13-,17+/m1/s1. The third-order valence-electron chi connectivity index (χ3n) is 3.39. The molecule has 0 fully saturated rings. The molecule has 27 heavy (non-hydrogen) atoms. The van der Waals surface area contributed by atoms with Crippen molar-refractivity contribution < 1.29 is 14.8 Å². The number of benzene rings is 1. The molecule has 1 aromatic carbocycles. The second-order valence-corrected chi connectivity index (χ2v) is 5.49. The van der Waals surface area contributed by atoms with Gasteiger partial charge in [-0.15, -0.1) is 0 Å². The van der Waals surface area contributed by atoms with E-state index in [-0.39, 0.29) is 0 Å². The first-order valence-electron chi connectivity index (χ1n) is 7.88. The van der Waals surface area contributed by atoms with Crippen molar-refractivity contribution >= 4 is 11.8 Å². The van der Waals surface area contributed by atoms with Crippen molar-refractivity contribution in [2.45, 2.75) is 19.0 Å². The van der Waals surface area contributed by atoms with Crippen molar-refractivity contribution in [3.8, 4) is 23.7 Å². The fourth-order valence-corrected chi connectivity index (χ4v) is 2.01. The summed E-state index contributed by atoms with van der Waals surface area (Å²) in [6.07, 6.45) is 4.59. The Kier molecular flexibility index (Phi) is 7.03. The van der Waals surface area contributed by atoms with Gasteiger partial charge in [0.25, 0.3) is 11.8 Å². The fraction of sp³-hybridized carbons (Fsp3) is 0.158. The molecule has 0 aliphatic heterocycles.